The highest BCUT2D eigenvalue weighted by molar-refractivity contribution is 7.99. The third kappa shape index (κ3) is 2.30. The van der Waals surface area contributed by atoms with Crippen molar-refractivity contribution in [3.8, 4) is 0 Å². The minimum atomic E-state index is -0.0396. The van der Waals surface area contributed by atoms with E-state index in [0.29, 0.717) is 11.0 Å². The van der Waals surface area contributed by atoms with Gasteiger partial charge in [0.2, 0.25) is 5.91 Å². The summed E-state index contributed by atoms with van der Waals surface area (Å²) in [5.41, 5.74) is 1.56. The number of nitrogens with one attached hydrogen (secondary N) is 1. The summed E-state index contributed by atoms with van der Waals surface area (Å²) in [6, 6.07) is 7.52. The van der Waals surface area contributed by atoms with Gasteiger partial charge in [0.25, 0.3) is 5.22 Å². The topological polar surface area (TPSA) is 55.1 Å². The van der Waals surface area contributed by atoms with Crippen LogP contribution in [0.3, 0.4) is 0 Å². The minimum Gasteiger partial charge on any atom is -0.431 e. The van der Waals surface area contributed by atoms with Gasteiger partial charge in [0.05, 0.1) is 5.75 Å². The number of aromatic nitrogens is 1. The van der Waals surface area contributed by atoms with E-state index in [-0.39, 0.29) is 5.91 Å². The lowest BCUT2D eigenvalue weighted by molar-refractivity contribution is -0.118. The van der Waals surface area contributed by atoms with Crippen LogP contribution in [-0.4, -0.2) is 23.7 Å². The molecule has 1 heterocycles. The number of benzene rings is 1. The van der Waals surface area contributed by atoms with E-state index in [9.17, 15) is 4.79 Å². The second-order valence-electron chi connectivity index (χ2n) is 2.91. The monoisotopic (exact) mass is 222 g/mol. The molecule has 1 N–H and O–H groups in total. The van der Waals surface area contributed by atoms with Crippen LogP contribution in [0.25, 0.3) is 11.1 Å². The Morgan fingerprint density at radius 1 is 1.53 bits per heavy atom. The molecule has 2 aromatic rings. The normalized spacial score (nSPS) is 10.5. The number of carbonyl (C=O) groups excluding carboxylic acids is 1. The standard InChI is InChI=1S/C10H10N2O2S/c1-11-9(13)6-15-10-12-7-4-2-3-5-8(7)14-10/h2-5H,6H2,1H3,(H,11,13). The van der Waals surface area contributed by atoms with E-state index in [1.807, 2.05) is 24.3 Å². The van der Waals surface area contributed by atoms with Gasteiger partial charge >= 0.3 is 0 Å². The number of rotatable bonds is 3. The molecule has 78 valence electrons. The predicted molar refractivity (Wildman–Crippen MR) is 58.8 cm³/mol. The largest absolute Gasteiger partial charge is 0.431 e. The smallest absolute Gasteiger partial charge is 0.257 e. The number of hydrogen-bond acceptors (Lipinski definition) is 4. The Balaban J connectivity index is 2.12. The second kappa shape index (κ2) is 4.35. The van der Waals surface area contributed by atoms with Crippen LogP contribution in [0.2, 0.25) is 0 Å². The van der Waals surface area contributed by atoms with Gasteiger partial charge in [-0.1, -0.05) is 23.9 Å². The van der Waals surface area contributed by atoms with Gasteiger partial charge in [-0.05, 0) is 12.1 Å². The molecule has 0 saturated heterocycles. The summed E-state index contributed by atoms with van der Waals surface area (Å²) in [6.45, 7) is 0. The second-order valence-corrected chi connectivity index (χ2v) is 3.84. The Bertz CT molecular complexity index is 448. The summed E-state index contributed by atoms with van der Waals surface area (Å²) in [5.74, 6) is 0.283. The van der Waals surface area contributed by atoms with Crippen LogP contribution in [-0.2, 0) is 4.79 Å². The molecule has 4 nitrogen and oxygen atoms in total. The number of fused-ring (bicyclic) bond motifs is 1. The van der Waals surface area contributed by atoms with Crippen molar-refractivity contribution in [2.24, 2.45) is 0 Å². The number of nitrogens with zero attached hydrogens (tertiary/aromatic N) is 1. The molecule has 2 rings (SSSR count). The van der Waals surface area contributed by atoms with Gasteiger partial charge in [-0.25, -0.2) is 4.98 Å². The first kappa shape index (κ1) is 10.0. The summed E-state index contributed by atoms with van der Waals surface area (Å²) >= 11 is 1.29. The number of para-hydroxylation sites is 2. The van der Waals surface area contributed by atoms with Crippen LogP contribution in [0.15, 0.2) is 33.9 Å². The first-order valence-corrected chi connectivity index (χ1v) is 5.47. The van der Waals surface area contributed by atoms with E-state index < -0.39 is 0 Å². The van der Waals surface area contributed by atoms with Crippen LogP contribution < -0.4 is 5.32 Å². The Morgan fingerprint density at radius 2 is 2.33 bits per heavy atom. The fourth-order valence-corrected chi connectivity index (χ4v) is 1.82. The van der Waals surface area contributed by atoms with Gasteiger partial charge in [-0.15, -0.1) is 0 Å². The third-order valence-corrected chi connectivity index (χ3v) is 2.71. The van der Waals surface area contributed by atoms with Gasteiger partial charge in [-0.3, -0.25) is 4.79 Å². The molecule has 1 aromatic heterocycles. The molecule has 0 aliphatic carbocycles. The number of amides is 1. The molecule has 5 heteroatoms. The Kier molecular flexibility index (Phi) is 2.91. The molecule has 0 saturated carbocycles. The van der Waals surface area contributed by atoms with E-state index in [4.69, 9.17) is 4.42 Å². The zero-order valence-corrected chi connectivity index (χ0v) is 9.00. The first-order chi connectivity index (χ1) is 7.29. The zero-order chi connectivity index (χ0) is 10.7. The van der Waals surface area contributed by atoms with Crippen LogP contribution in [0, 0.1) is 0 Å². The number of hydrogen-bond donors (Lipinski definition) is 1. The highest BCUT2D eigenvalue weighted by Gasteiger charge is 2.07. The van der Waals surface area contributed by atoms with Gasteiger partial charge in [-0.2, -0.15) is 0 Å². The van der Waals surface area contributed by atoms with Crippen molar-refractivity contribution >= 4 is 28.8 Å². The van der Waals surface area contributed by atoms with Crippen molar-refractivity contribution in [3.05, 3.63) is 24.3 Å². The van der Waals surface area contributed by atoms with E-state index in [0.717, 1.165) is 11.1 Å². The molecule has 0 aliphatic rings. The van der Waals surface area contributed by atoms with E-state index in [2.05, 4.69) is 10.3 Å². The van der Waals surface area contributed by atoms with Crippen molar-refractivity contribution in [3.63, 3.8) is 0 Å². The maximum Gasteiger partial charge on any atom is 0.257 e. The van der Waals surface area contributed by atoms with Gasteiger partial charge in [0, 0.05) is 7.05 Å². The van der Waals surface area contributed by atoms with Crippen LogP contribution in [0.4, 0.5) is 0 Å². The maximum absolute atomic E-state index is 11.0. The molecule has 0 atom stereocenters. The number of carbonyl (C=O) groups is 1. The fourth-order valence-electron chi connectivity index (χ4n) is 1.11. The van der Waals surface area contributed by atoms with Crippen molar-refractivity contribution in [2.45, 2.75) is 5.22 Å². The minimum absolute atomic E-state index is 0.0396. The van der Waals surface area contributed by atoms with Crippen LogP contribution >= 0.6 is 11.8 Å². The van der Waals surface area contributed by atoms with E-state index in [1.54, 1.807) is 7.05 Å². The molecule has 1 aromatic carbocycles. The molecule has 0 radical (unpaired) electrons. The van der Waals surface area contributed by atoms with Crippen LogP contribution in [0.5, 0.6) is 0 Å². The van der Waals surface area contributed by atoms with E-state index >= 15 is 0 Å². The third-order valence-electron chi connectivity index (χ3n) is 1.88. The lowest BCUT2D eigenvalue weighted by Gasteiger charge is -1.94. The lowest BCUT2D eigenvalue weighted by atomic mass is 10.3. The molecule has 0 fully saturated rings. The van der Waals surface area contributed by atoms with Gasteiger partial charge in [0.15, 0.2) is 5.58 Å². The van der Waals surface area contributed by atoms with Crippen molar-refractivity contribution < 1.29 is 9.21 Å². The van der Waals surface area contributed by atoms with Gasteiger partial charge < -0.3 is 9.73 Å². The number of oxazole rings is 1. The molecule has 0 aliphatic heterocycles. The van der Waals surface area contributed by atoms with Crippen molar-refractivity contribution in [1.29, 1.82) is 0 Å². The highest BCUT2D eigenvalue weighted by atomic mass is 32.2. The molecule has 0 spiro atoms. The molecule has 0 unspecified atom stereocenters. The van der Waals surface area contributed by atoms with Crippen molar-refractivity contribution in [1.82, 2.24) is 10.3 Å². The Labute approximate surface area is 91.1 Å². The Morgan fingerprint density at radius 3 is 3.07 bits per heavy atom. The molecular formula is C10H10N2O2S. The summed E-state index contributed by atoms with van der Waals surface area (Å²) in [5, 5.41) is 3.07. The quantitative estimate of drug-likeness (QED) is 0.802. The van der Waals surface area contributed by atoms with Crippen molar-refractivity contribution in [2.75, 3.05) is 12.8 Å². The predicted octanol–water partition coefficient (Wildman–Crippen LogP) is 1.67. The Hall–Kier alpha value is -1.49. The zero-order valence-electron chi connectivity index (χ0n) is 8.19. The maximum atomic E-state index is 11.0. The molecule has 15 heavy (non-hydrogen) atoms. The molecule has 0 bridgehead atoms. The fraction of sp³-hybridized carbons (Fsp3) is 0.200. The molecular weight excluding hydrogens is 212 g/mol. The lowest BCUT2D eigenvalue weighted by Crippen LogP contribution is -2.19. The SMILES string of the molecule is CNC(=O)CSc1nc2ccccc2o1. The summed E-state index contributed by atoms with van der Waals surface area (Å²) in [6.07, 6.45) is 0. The molecule has 1 amide bonds. The number of thioether (sulfide) groups is 1. The summed E-state index contributed by atoms with van der Waals surface area (Å²) < 4.78 is 5.43. The highest BCUT2D eigenvalue weighted by Crippen LogP contribution is 2.22. The first-order valence-electron chi connectivity index (χ1n) is 4.48. The van der Waals surface area contributed by atoms with Crippen LogP contribution in [0.1, 0.15) is 0 Å². The van der Waals surface area contributed by atoms with Gasteiger partial charge in [0.1, 0.15) is 5.52 Å². The van der Waals surface area contributed by atoms with E-state index in [1.165, 1.54) is 11.8 Å². The summed E-state index contributed by atoms with van der Waals surface area (Å²) in [7, 11) is 1.61. The average Bonchev–Trinajstić information content (AvgIpc) is 2.68. The summed E-state index contributed by atoms with van der Waals surface area (Å²) in [4.78, 5) is 15.2. The average molecular weight is 222 g/mol.